The average Bonchev–Trinajstić information content (AvgIpc) is 2.55. The van der Waals surface area contributed by atoms with E-state index < -0.39 is 5.91 Å². The predicted octanol–water partition coefficient (Wildman–Crippen LogP) is 1.90. The number of primary amides is 1. The Morgan fingerprint density at radius 1 is 1.30 bits per heavy atom. The number of carbonyl (C=O) groups is 1. The van der Waals surface area contributed by atoms with E-state index in [1.165, 1.54) is 5.56 Å². The molecule has 6 nitrogen and oxygen atoms in total. The zero-order valence-corrected chi connectivity index (χ0v) is 13.6. The summed E-state index contributed by atoms with van der Waals surface area (Å²) in [4.78, 5) is 17.3. The van der Waals surface area contributed by atoms with Gasteiger partial charge in [-0.3, -0.25) is 9.78 Å². The molecular formula is C17H22N4O2. The number of pyridine rings is 1. The Morgan fingerprint density at radius 3 is 2.57 bits per heavy atom. The van der Waals surface area contributed by atoms with Crippen LogP contribution in [-0.2, 0) is 0 Å². The highest BCUT2D eigenvalue weighted by Gasteiger charge is 2.14. The third kappa shape index (κ3) is 4.43. The SMILES string of the molecule is COc1ccc(C(CNc2ccnc(C(N)=O)c2)N(C)C)cc1. The minimum Gasteiger partial charge on any atom is -0.497 e. The lowest BCUT2D eigenvalue weighted by Gasteiger charge is -2.25. The monoisotopic (exact) mass is 314 g/mol. The molecule has 122 valence electrons. The van der Waals surface area contributed by atoms with Gasteiger partial charge in [0.1, 0.15) is 11.4 Å². The molecule has 0 saturated carbocycles. The molecule has 0 bridgehead atoms. The maximum Gasteiger partial charge on any atom is 0.267 e. The molecule has 0 aliphatic heterocycles. The molecule has 6 heteroatoms. The van der Waals surface area contributed by atoms with Crippen LogP contribution in [0.3, 0.4) is 0 Å². The molecule has 0 radical (unpaired) electrons. The van der Waals surface area contributed by atoms with Gasteiger partial charge in [0.2, 0.25) is 0 Å². The second-order valence-corrected chi connectivity index (χ2v) is 5.43. The van der Waals surface area contributed by atoms with Crippen LogP contribution in [0, 0.1) is 0 Å². The van der Waals surface area contributed by atoms with Crippen molar-refractivity contribution < 1.29 is 9.53 Å². The molecular weight excluding hydrogens is 292 g/mol. The third-order valence-electron chi connectivity index (χ3n) is 3.64. The molecule has 0 aliphatic carbocycles. The molecule has 1 amide bonds. The van der Waals surface area contributed by atoms with Crippen molar-refractivity contribution in [2.75, 3.05) is 33.1 Å². The lowest BCUT2D eigenvalue weighted by Crippen LogP contribution is -2.27. The summed E-state index contributed by atoms with van der Waals surface area (Å²) >= 11 is 0. The summed E-state index contributed by atoms with van der Waals surface area (Å²) in [5, 5.41) is 3.33. The van der Waals surface area contributed by atoms with Gasteiger partial charge in [-0.2, -0.15) is 0 Å². The van der Waals surface area contributed by atoms with E-state index in [1.54, 1.807) is 19.4 Å². The molecule has 0 fully saturated rings. The molecule has 0 saturated heterocycles. The van der Waals surface area contributed by atoms with Crippen molar-refractivity contribution in [2.45, 2.75) is 6.04 Å². The largest absolute Gasteiger partial charge is 0.497 e. The minimum atomic E-state index is -0.534. The number of anilines is 1. The summed E-state index contributed by atoms with van der Waals surface area (Å²) in [7, 11) is 5.70. The summed E-state index contributed by atoms with van der Waals surface area (Å²) in [6, 6.07) is 11.6. The van der Waals surface area contributed by atoms with Crippen molar-refractivity contribution in [1.29, 1.82) is 0 Å². The topological polar surface area (TPSA) is 80.5 Å². The number of rotatable bonds is 7. The first-order chi connectivity index (χ1) is 11.0. The van der Waals surface area contributed by atoms with Crippen molar-refractivity contribution in [3.63, 3.8) is 0 Å². The van der Waals surface area contributed by atoms with Gasteiger partial charge >= 0.3 is 0 Å². The van der Waals surface area contributed by atoms with Gasteiger partial charge in [0.05, 0.1) is 13.2 Å². The molecule has 0 spiro atoms. The van der Waals surface area contributed by atoms with Gasteiger partial charge in [0.15, 0.2) is 0 Å². The molecule has 1 aromatic heterocycles. The molecule has 1 heterocycles. The van der Waals surface area contributed by atoms with Gasteiger partial charge in [0.25, 0.3) is 5.91 Å². The Morgan fingerprint density at radius 2 is 2.00 bits per heavy atom. The van der Waals surface area contributed by atoms with Gasteiger partial charge in [-0.25, -0.2) is 0 Å². The molecule has 2 aromatic rings. The van der Waals surface area contributed by atoms with Gasteiger partial charge in [-0.05, 0) is 43.9 Å². The Labute approximate surface area is 136 Å². The molecule has 1 aromatic carbocycles. The van der Waals surface area contributed by atoms with Crippen LogP contribution in [0.25, 0.3) is 0 Å². The normalized spacial score (nSPS) is 12.0. The number of aromatic nitrogens is 1. The summed E-state index contributed by atoms with van der Waals surface area (Å²) in [5.41, 5.74) is 7.49. The second-order valence-electron chi connectivity index (χ2n) is 5.43. The van der Waals surface area contributed by atoms with Gasteiger partial charge in [-0.1, -0.05) is 12.1 Å². The van der Waals surface area contributed by atoms with Crippen LogP contribution in [0.1, 0.15) is 22.1 Å². The van der Waals surface area contributed by atoms with Gasteiger partial charge in [-0.15, -0.1) is 0 Å². The van der Waals surface area contributed by atoms with Gasteiger partial charge in [0, 0.05) is 18.4 Å². The first kappa shape index (κ1) is 16.8. The molecule has 1 unspecified atom stereocenters. The zero-order chi connectivity index (χ0) is 16.8. The molecule has 1 atom stereocenters. The Bertz CT molecular complexity index is 656. The lowest BCUT2D eigenvalue weighted by molar-refractivity contribution is 0.0995. The number of ether oxygens (including phenoxy) is 1. The first-order valence-electron chi connectivity index (χ1n) is 7.31. The highest BCUT2D eigenvalue weighted by molar-refractivity contribution is 5.91. The number of nitrogens with two attached hydrogens (primary N) is 1. The summed E-state index contributed by atoms with van der Waals surface area (Å²) in [5.74, 6) is 0.299. The molecule has 0 aliphatic rings. The lowest BCUT2D eigenvalue weighted by atomic mass is 10.1. The molecule has 3 N–H and O–H groups in total. The fourth-order valence-electron chi connectivity index (χ4n) is 2.31. The quantitative estimate of drug-likeness (QED) is 0.816. The highest BCUT2D eigenvalue weighted by atomic mass is 16.5. The first-order valence-corrected chi connectivity index (χ1v) is 7.31. The fourth-order valence-corrected chi connectivity index (χ4v) is 2.31. The van der Waals surface area contributed by atoms with Crippen molar-refractivity contribution in [3.05, 3.63) is 53.9 Å². The number of carbonyl (C=O) groups excluding carboxylic acids is 1. The number of hydrogen-bond donors (Lipinski definition) is 2. The Kier molecular flexibility index (Phi) is 5.54. The van der Waals surface area contributed by atoms with Crippen LogP contribution in [0.15, 0.2) is 42.6 Å². The van der Waals surface area contributed by atoms with Crippen LogP contribution < -0.4 is 15.8 Å². The number of nitrogens with zero attached hydrogens (tertiary/aromatic N) is 2. The van der Waals surface area contributed by atoms with Crippen LogP contribution in [0.5, 0.6) is 5.75 Å². The van der Waals surface area contributed by atoms with Crippen LogP contribution in [-0.4, -0.2) is 43.5 Å². The third-order valence-corrected chi connectivity index (χ3v) is 3.64. The van der Waals surface area contributed by atoms with E-state index in [4.69, 9.17) is 10.5 Å². The van der Waals surface area contributed by atoms with Gasteiger partial charge < -0.3 is 20.7 Å². The van der Waals surface area contributed by atoms with E-state index in [-0.39, 0.29) is 11.7 Å². The fraction of sp³-hybridized carbons (Fsp3) is 0.294. The van der Waals surface area contributed by atoms with E-state index in [0.29, 0.717) is 6.54 Å². The average molecular weight is 314 g/mol. The number of likely N-dealkylation sites (N-methyl/N-ethyl adjacent to an activating group) is 1. The second kappa shape index (κ2) is 7.60. The standard InChI is InChI=1S/C17H22N4O2/c1-21(2)16(12-4-6-14(23-3)7-5-12)11-20-13-8-9-19-15(10-13)17(18)22/h4-10,16H,11H2,1-3H3,(H2,18,22)(H,19,20). The number of amides is 1. The number of nitrogens with one attached hydrogen (secondary N) is 1. The van der Waals surface area contributed by atoms with Crippen LogP contribution in [0.2, 0.25) is 0 Å². The van der Waals surface area contributed by atoms with E-state index in [0.717, 1.165) is 11.4 Å². The summed E-state index contributed by atoms with van der Waals surface area (Å²) in [6.07, 6.45) is 1.57. The Balaban J connectivity index is 2.10. The number of hydrogen-bond acceptors (Lipinski definition) is 5. The zero-order valence-electron chi connectivity index (χ0n) is 13.6. The van der Waals surface area contributed by atoms with Crippen molar-refractivity contribution in [1.82, 2.24) is 9.88 Å². The van der Waals surface area contributed by atoms with E-state index in [1.807, 2.05) is 44.4 Å². The number of methoxy groups -OCH3 is 1. The summed E-state index contributed by atoms with van der Waals surface area (Å²) < 4.78 is 5.19. The van der Waals surface area contributed by atoms with E-state index in [9.17, 15) is 4.79 Å². The van der Waals surface area contributed by atoms with Crippen molar-refractivity contribution in [3.8, 4) is 5.75 Å². The van der Waals surface area contributed by atoms with Crippen molar-refractivity contribution in [2.24, 2.45) is 5.73 Å². The van der Waals surface area contributed by atoms with Crippen LogP contribution in [0.4, 0.5) is 5.69 Å². The predicted molar refractivity (Wildman–Crippen MR) is 90.7 cm³/mol. The van der Waals surface area contributed by atoms with Crippen molar-refractivity contribution >= 4 is 11.6 Å². The molecule has 2 rings (SSSR count). The minimum absolute atomic E-state index is 0.172. The molecule has 23 heavy (non-hydrogen) atoms. The Hall–Kier alpha value is -2.60. The van der Waals surface area contributed by atoms with Crippen LogP contribution >= 0.6 is 0 Å². The smallest absolute Gasteiger partial charge is 0.267 e. The summed E-state index contributed by atoms with van der Waals surface area (Å²) in [6.45, 7) is 0.682. The maximum atomic E-state index is 11.2. The van der Waals surface area contributed by atoms with E-state index in [2.05, 4.69) is 15.2 Å². The highest BCUT2D eigenvalue weighted by Crippen LogP contribution is 2.22. The number of benzene rings is 1. The maximum absolute atomic E-state index is 11.2. The van der Waals surface area contributed by atoms with E-state index >= 15 is 0 Å².